The predicted octanol–water partition coefficient (Wildman–Crippen LogP) is 4.81. The summed E-state index contributed by atoms with van der Waals surface area (Å²) in [5.74, 6) is 1.87. The van der Waals surface area contributed by atoms with E-state index in [0.717, 1.165) is 11.5 Å². The molecule has 0 aliphatic carbocycles. The molecule has 1 spiro atoms. The van der Waals surface area contributed by atoms with Crippen molar-refractivity contribution in [3.05, 3.63) is 103 Å². The number of fused-ring (bicyclic) bond motifs is 5. The van der Waals surface area contributed by atoms with Crippen molar-refractivity contribution >= 4 is 32.4 Å². The number of rotatable bonds is 0. The highest BCUT2D eigenvalue weighted by atomic mass is 16.5. The number of nitrogens with zero attached hydrogens (tertiary/aromatic N) is 3. The number of ether oxygens (including phenoxy) is 1. The monoisotopic (exact) mass is 409 g/mol. The predicted molar refractivity (Wildman–Crippen MR) is 121 cm³/mol. The van der Waals surface area contributed by atoms with Crippen LogP contribution < -0.4 is 13.9 Å². The first kappa shape index (κ1) is 15.5. The number of hydrogen-bond donors (Lipinski definition) is 0. The molecule has 6 heterocycles. The van der Waals surface area contributed by atoms with Gasteiger partial charge in [0.2, 0.25) is 11.2 Å². The van der Waals surface area contributed by atoms with Crippen LogP contribution in [0.4, 0.5) is 0 Å². The van der Waals surface area contributed by atoms with E-state index in [4.69, 9.17) is 4.74 Å². The molecule has 0 saturated heterocycles. The molecular weight excluding hydrogens is 394 g/mol. The van der Waals surface area contributed by atoms with Crippen molar-refractivity contribution in [1.82, 2.24) is 4.98 Å². The molecule has 3 aromatic carbocycles. The van der Waals surface area contributed by atoms with Gasteiger partial charge in [-0.2, -0.15) is 0 Å². The summed E-state index contributed by atoms with van der Waals surface area (Å²) in [5.41, 5.74) is 5.65. The minimum Gasteiger partial charge on any atom is -0.456 e. The van der Waals surface area contributed by atoms with Gasteiger partial charge in [0.25, 0.3) is 0 Å². The summed E-state index contributed by atoms with van der Waals surface area (Å²) in [6.45, 7) is 0. The fraction of sp³-hybridized carbons (Fsp3) is 0.0357. The maximum absolute atomic E-state index is 6.59. The molecule has 0 radical (unpaired) electrons. The molecule has 146 valence electrons. The molecule has 3 aromatic heterocycles. The third-order valence-corrected chi connectivity index (χ3v) is 7.58. The van der Waals surface area contributed by atoms with Crippen molar-refractivity contribution in [3.8, 4) is 22.8 Å². The molecule has 9 rings (SSSR count). The summed E-state index contributed by atoms with van der Waals surface area (Å²) in [7, 11) is 0. The van der Waals surface area contributed by atoms with Crippen LogP contribution in [0, 0.1) is 0 Å². The van der Waals surface area contributed by atoms with Crippen molar-refractivity contribution in [2.45, 2.75) is 5.66 Å². The smallest absolute Gasteiger partial charge is 0.425 e. The Morgan fingerprint density at radius 1 is 0.688 bits per heavy atom. The Hall–Kier alpha value is -4.31. The zero-order valence-electron chi connectivity index (χ0n) is 16.9. The number of hydrogen-bond acceptors (Lipinski definition) is 2. The summed E-state index contributed by atoms with van der Waals surface area (Å²) >= 11 is 0. The molecule has 6 aromatic rings. The number of pyridine rings is 3. The number of aromatic nitrogens is 3. The third kappa shape index (κ3) is 1.38. The van der Waals surface area contributed by atoms with Crippen LogP contribution in [0.25, 0.3) is 43.7 Å². The van der Waals surface area contributed by atoms with Crippen LogP contribution in [0.5, 0.6) is 11.5 Å². The van der Waals surface area contributed by atoms with E-state index in [1.165, 1.54) is 54.8 Å². The Labute approximate surface area is 182 Å². The van der Waals surface area contributed by atoms with Gasteiger partial charge in [-0.05, 0) is 53.2 Å². The van der Waals surface area contributed by atoms with Gasteiger partial charge in [0, 0.05) is 36.0 Å². The van der Waals surface area contributed by atoms with Crippen molar-refractivity contribution in [3.63, 3.8) is 0 Å². The van der Waals surface area contributed by atoms with E-state index in [9.17, 15) is 0 Å². The van der Waals surface area contributed by atoms with Crippen LogP contribution in [-0.4, -0.2) is 4.98 Å². The summed E-state index contributed by atoms with van der Waals surface area (Å²) in [5, 5.41) is 6.17. The van der Waals surface area contributed by atoms with Crippen LogP contribution in [0.1, 0.15) is 11.1 Å². The molecule has 0 N–H and O–H groups in total. The van der Waals surface area contributed by atoms with Crippen molar-refractivity contribution in [1.29, 1.82) is 0 Å². The Balaban J connectivity index is 1.66. The minimum atomic E-state index is -0.498. The molecule has 0 saturated carbocycles. The van der Waals surface area contributed by atoms with E-state index in [1.807, 2.05) is 12.4 Å². The van der Waals surface area contributed by atoms with Crippen LogP contribution in [0.15, 0.2) is 91.5 Å². The molecule has 32 heavy (non-hydrogen) atoms. The van der Waals surface area contributed by atoms with Crippen molar-refractivity contribution in [2.75, 3.05) is 0 Å². The van der Waals surface area contributed by atoms with Gasteiger partial charge >= 0.3 is 5.66 Å². The Morgan fingerprint density at radius 2 is 1.62 bits per heavy atom. The highest BCUT2D eigenvalue weighted by Crippen LogP contribution is 2.57. The van der Waals surface area contributed by atoms with Gasteiger partial charge in [-0.15, -0.1) is 9.13 Å². The maximum atomic E-state index is 6.59. The Morgan fingerprint density at radius 3 is 2.62 bits per heavy atom. The van der Waals surface area contributed by atoms with Gasteiger partial charge in [0.1, 0.15) is 11.5 Å². The first-order chi connectivity index (χ1) is 15.9. The lowest BCUT2D eigenvalue weighted by atomic mass is 9.85. The average molecular weight is 409 g/mol. The van der Waals surface area contributed by atoms with E-state index in [1.54, 1.807) is 0 Å². The molecule has 3 aliphatic heterocycles. The molecule has 4 nitrogen and oxygen atoms in total. The molecule has 3 aliphatic rings. The summed E-state index contributed by atoms with van der Waals surface area (Å²) < 4.78 is 11.5. The Bertz CT molecular complexity index is 1870. The minimum absolute atomic E-state index is 0.498. The normalized spacial score (nSPS) is 18.4. The van der Waals surface area contributed by atoms with E-state index in [2.05, 4.69) is 93.2 Å². The topological polar surface area (TPSA) is 29.9 Å². The van der Waals surface area contributed by atoms with E-state index in [-0.39, 0.29) is 0 Å². The van der Waals surface area contributed by atoms with Crippen LogP contribution >= 0.6 is 0 Å². The van der Waals surface area contributed by atoms with Crippen molar-refractivity contribution < 1.29 is 13.9 Å². The third-order valence-electron chi connectivity index (χ3n) is 7.58. The second-order valence-corrected chi connectivity index (χ2v) is 8.83. The van der Waals surface area contributed by atoms with Gasteiger partial charge in [-0.1, -0.05) is 6.07 Å². The second-order valence-electron chi connectivity index (χ2n) is 8.83. The first-order valence-corrected chi connectivity index (χ1v) is 10.9. The lowest BCUT2D eigenvalue weighted by Gasteiger charge is -2.25. The zero-order chi connectivity index (χ0) is 20.6. The molecule has 0 amide bonds. The number of benzene rings is 3. The molecular formula is C28H15N3O+2. The van der Waals surface area contributed by atoms with Gasteiger partial charge in [0.15, 0.2) is 23.5 Å². The molecule has 4 heteroatoms. The maximum Gasteiger partial charge on any atom is 0.425 e. The van der Waals surface area contributed by atoms with Gasteiger partial charge in [0.05, 0.1) is 16.3 Å². The summed E-state index contributed by atoms with van der Waals surface area (Å²) in [4.78, 5) is 4.47. The summed E-state index contributed by atoms with van der Waals surface area (Å²) in [6.07, 6.45) is 8.33. The molecule has 0 bridgehead atoms. The lowest BCUT2D eigenvalue weighted by molar-refractivity contribution is -0.950. The van der Waals surface area contributed by atoms with Crippen LogP contribution in [-0.2, 0) is 5.66 Å². The molecule has 0 fully saturated rings. The van der Waals surface area contributed by atoms with Crippen molar-refractivity contribution in [2.24, 2.45) is 0 Å². The van der Waals surface area contributed by atoms with Crippen LogP contribution in [0.2, 0.25) is 0 Å². The van der Waals surface area contributed by atoms with E-state index < -0.39 is 5.66 Å². The van der Waals surface area contributed by atoms with Gasteiger partial charge in [-0.25, -0.2) is 0 Å². The van der Waals surface area contributed by atoms with E-state index >= 15 is 0 Å². The zero-order valence-corrected chi connectivity index (χ0v) is 16.9. The fourth-order valence-corrected chi connectivity index (χ4v) is 6.56. The SMILES string of the molecule is c1cc2c3c(c1)-c1cccc[n+]1C31c3c(ccc4c5ccncc5c5ccc[n+]1c5c34)O2. The van der Waals surface area contributed by atoms with Crippen LogP contribution in [0.3, 0.4) is 0 Å². The highest BCUT2D eigenvalue weighted by Gasteiger charge is 2.70. The summed E-state index contributed by atoms with van der Waals surface area (Å²) in [6, 6.07) is 23.8. The first-order valence-electron chi connectivity index (χ1n) is 10.9. The van der Waals surface area contributed by atoms with E-state index in [0.29, 0.717) is 0 Å². The lowest BCUT2D eigenvalue weighted by Crippen LogP contribution is -2.71. The highest BCUT2D eigenvalue weighted by molar-refractivity contribution is 6.25. The fourth-order valence-electron chi connectivity index (χ4n) is 6.56. The standard InChI is InChI=1S/C28H15N3O/c1-2-13-30-21(7-1)19-5-3-8-22-25(19)28(30)26-23(32-22)10-9-17-16-11-12-29-15-20(16)18-6-4-14-31(28)27(18)24(17)26/h1-15H/q+2. The quantitative estimate of drug-likeness (QED) is 0.266. The average Bonchev–Trinajstić information content (AvgIpc) is 3.34. The molecule has 1 atom stereocenters. The Kier molecular flexibility index (Phi) is 2.31. The second kappa shape index (κ2) is 4.78. The largest absolute Gasteiger partial charge is 0.456 e. The van der Waals surface area contributed by atoms with Gasteiger partial charge in [-0.3, -0.25) is 4.98 Å². The van der Waals surface area contributed by atoms with Gasteiger partial charge < -0.3 is 4.74 Å². The molecule has 1 unspecified atom stereocenters.